The number of hydrogen-bond acceptors (Lipinski definition) is 2. The molecule has 0 bridgehead atoms. The lowest BCUT2D eigenvalue weighted by molar-refractivity contribution is 0.108. The van der Waals surface area contributed by atoms with Crippen molar-refractivity contribution in [2.75, 3.05) is 0 Å². The van der Waals surface area contributed by atoms with E-state index in [0.29, 0.717) is 27.2 Å². The monoisotopic (exact) mass is 301 g/mol. The van der Waals surface area contributed by atoms with E-state index in [0.717, 1.165) is 5.56 Å². The number of benzene rings is 2. The maximum absolute atomic E-state index is 11.6. The number of fused-ring (bicyclic) bond motifs is 1. The smallest absolute Gasteiger partial charge is 0.253 e. The lowest BCUT2D eigenvalue weighted by Gasteiger charge is -2.07. The van der Waals surface area contributed by atoms with Gasteiger partial charge in [-0.1, -0.05) is 41.9 Å². The Morgan fingerprint density at radius 2 is 1.75 bits per heavy atom. The Kier molecular flexibility index (Phi) is 3.43. The van der Waals surface area contributed by atoms with E-state index in [-0.39, 0.29) is 0 Å². The Morgan fingerprint density at radius 3 is 2.45 bits per heavy atom. The van der Waals surface area contributed by atoms with Crippen LogP contribution in [-0.4, -0.2) is 10.2 Å². The Morgan fingerprint density at radius 1 is 1.00 bits per heavy atom. The highest BCUT2D eigenvalue weighted by Gasteiger charge is 2.12. The molecule has 0 aliphatic heterocycles. The van der Waals surface area contributed by atoms with E-state index in [9.17, 15) is 4.79 Å². The van der Waals surface area contributed by atoms with Gasteiger partial charge in [0.25, 0.3) is 5.24 Å². The maximum atomic E-state index is 11.6. The van der Waals surface area contributed by atoms with E-state index in [1.54, 1.807) is 24.3 Å². The van der Waals surface area contributed by atoms with Crippen molar-refractivity contribution in [1.82, 2.24) is 4.98 Å². The minimum atomic E-state index is -0.517. The first-order valence-electron chi connectivity index (χ1n) is 6.01. The van der Waals surface area contributed by atoms with Gasteiger partial charge in [0.2, 0.25) is 0 Å². The molecule has 0 unspecified atom stereocenters. The zero-order chi connectivity index (χ0) is 14.1. The number of hydrogen-bond donors (Lipinski definition) is 0. The summed E-state index contributed by atoms with van der Waals surface area (Å²) < 4.78 is 0. The predicted molar refractivity (Wildman–Crippen MR) is 82.4 cm³/mol. The number of carbonyl (C=O) groups excluding carboxylic acids is 1. The third-order valence-corrected chi connectivity index (χ3v) is 3.49. The highest BCUT2D eigenvalue weighted by atomic mass is 35.5. The van der Waals surface area contributed by atoms with E-state index in [1.165, 1.54) is 0 Å². The van der Waals surface area contributed by atoms with Crippen molar-refractivity contribution in [3.05, 3.63) is 65.2 Å². The van der Waals surface area contributed by atoms with Gasteiger partial charge in [-0.05, 0) is 35.9 Å². The molecule has 0 radical (unpaired) electrons. The van der Waals surface area contributed by atoms with Gasteiger partial charge < -0.3 is 0 Å². The fourth-order valence-electron chi connectivity index (χ4n) is 2.12. The second-order valence-electron chi connectivity index (χ2n) is 4.36. The first-order valence-corrected chi connectivity index (χ1v) is 6.76. The van der Waals surface area contributed by atoms with Crippen LogP contribution < -0.4 is 0 Å². The van der Waals surface area contributed by atoms with Crippen LogP contribution >= 0.6 is 23.2 Å². The minimum Gasteiger partial charge on any atom is -0.276 e. The first kappa shape index (κ1) is 13.1. The summed E-state index contributed by atoms with van der Waals surface area (Å²) in [5.74, 6) is 0. The zero-order valence-corrected chi connectivity index (χ0v) is 11.8. The molecule has 1 aromatic heterocycles. The number of aromatic nitrogens is 1. The average Bonchev–Trinajstić information content (AvgIpc) is 2.47. The van der Waals surface area contributed by atoms with E-state index in [2.05, 4.69) is 4.98 Å². The van der Waals surface area contributed by atoms with Crippen LogP contribution in [0.25, 0.3) is 22.2 Å². The summed E-state index contributed by atoms with van der Waals surface area (Å²) in [6.07, 6.45) is 0. The van der Waals surface area contributed by atoms with Crippen LogP contribution in [0, 0.1) is 0 Å². The van der Waals surface area contributed by atoms with Gasteiger partial charge in [0.15, 0.2) is 0 Å². The third kappa shape index (κ3) is 2.40. The van der Waals surface area contributed by atoms with Crippen LogP contribution in [0.3, 0.4) is 0 Å². The van der Waals surface area contributed by atoms with Gasteiger partial charge in [-0.15, -0.1) is 0 Å². The van der Waals surface area contributed by atoms with Crippen molar-refractivity contribution < 1.29 is 4.79 Å². The standard InChI is InChI=1S/C16H9Cl2NO/c17-11-6-7-14-12(8-11)13(16(18)20)9-15(19-14)10-4-2-1-3-5-10/h1-9H. The summed E-state index contributed by atoms with van der Waals surface area (Å²) in [5, 5.41) is 0.694. The van der Waals surface area contributed by atoms with Gasteiger partial charge in [0.1, 0.15) is 0 Å². The summed E-state index contributed by atoms with van der Waals surface area (Å²) in [4.78, 5) is 16.2. The lowest BCUT2D eigenvalue weighted by Crippen LogP contribution is -1.95. The summed E-state index contributed by atoms with van der Waals surface area (Å²) >= 11 is 11.7. The molecule has 0 amide bonds. The lowest BCUT2D eigenvalue weighted by atomic mass is 10.0. The molecule has 20 heavy (non-hydrogen) atoms. The van der Waals surface area contributed by atoms with Crippen LogP contribution in [0.15, 0.2) is 54.6 Å². The second-order valence-corrected chi connectivity index (χ2v) is 5.14. The normalized spacial score (nSPS) is 10.7. The van der Waals surface area contributed by atoms with Crippen molar-refractivity contribution in [2.24, 2.45) is 0 Å². The van der Waals surface area contributed by atoms with Crippen LogP contribution in [0.5, 0.6) is 0 Å². The molecule has 0 aliphatic carbocycles. The fraction of sp³-hybridized carbons (Fsp3) is 0. The highest BCUT2D eigenvalue weighted by Crippen LogP contribution is 2.27. The van der Waals surface area contributed by atoms with Crippen molar-refractivity contribution >= 4 is 39.3 Å². The molecule has 0 N–H and O–H groups in total. The molecule has 0 spiro atoms. The minimum absolute atomic E-state index is 0.415. The number of nitrogens with zero attached hydrogens (tertiary/aromatic N) is 1. The van der Waals surface area contributed by atoms with Gasteiger partial charge >= 0.3 is 0 Å². The van der Waals surface area contributed by atoms with Crippen LogP contribution in [0.1, 0.15) is 10.4 Å². The van der Waals surface area contributed by atoms with Gasteiger partial charge in [0, 0.05) is 21.5 Å². The molecule has 2 aromatic carbocycles. The largest absolute Gasteiger partial charge is 0.276 e. The van der Waals surface area contributed by atoms with Gasteiger partial charge in [-0.25, -0.2) is 4.98 Å². The second kappa shape index (κ2) is 5.23. The molecule has 4 heteroatoms. The summed E-state index contributed by atoms with van der Waals surface area (Å²) in [6, 6.07) is 16.6. The van der Waals surface area contributed by atoms with E-state index in [1.807, 2.05) is 30.3 Å². The molecular formula is C16H9Cl2NO. The third-order valence-electron chi connectivity index (χ3n) is 3.05. The van der Waals surface area contributed by atoms with Crippen LogP contribution in [0.2, 0.25) is 5.02 Å². The van der Waals surface area contributed by atoms with E-state index >= 15 is 0 Å². The molecular weight excluding hydrogens is 293 g/mol. The molecule has 3 rings (SSSR count). The summed E-state index contributed by atoms with van der Waals surface area (Å²) in [6.45, 7) is 0. The molecule has 0 saturated heterocycles. The van der Waals surface area contributed by atoms with Crippen molar-refractivity contribution in [3.63, 3.8) is 0 Å². The summed E-state index contributed by atoms with van der Waals surface area (Å²) in [5.41, 5.74) is 2.76. The molecule has 0 aliphatic rings. The number of halogens is 2. The molecule has 0 saturated carbocycles. The van der Waals surface area contributed by atoms with Crippen molar-refractivity contribution in [2.45, 2.75) is 0 Å². The SMILES string of the molecule is O=C(Cl)c1cc(-c2ccccc2)nc2ccc(Cl)cc12. The first-order chi connectivity index (χ1) is 9.65. The van der Waals surface area contributed by atoms with Crippen LogP contribution in [0.4, 0.5) is 0 Å². The van der Waals surface area contributed by atoms with E-state index in [4.69, 9.17) is 23.2 Å². The molecule has 98 valence electrons. The van der Waals surface area contributed by atoms with Crippen LogP contribution in [-0.2, 0) is 0 Å². The number of rotatable bonds is 2. The predicted octanol–water partition coefficient (Wildman–Crippen LogP) is 4.93. The molecule has 3 aromatic rings. The summed E-state index contributed by atoms with van der Waals surface area (Å²) in [7, 11) is 0. The molecule has 1 heterocycles. The molecule has 0 atom stereocenters. The quantitative estimate of drug-likeness (QED) is 0.628. The van der Waals surface area contributed by atoms with Crippen molar-refractivity contribution in [3.8, 4) is 11.3 Å². The topological polar surface area (TPSA) is 30.0 Å². The van der Waals surface area contributed by atoms with E-state index < -0.39 is 5.24 Å². The zero-order valence-electron chi connectivity index (χ0n) is 10.3. The highest BCUT2D eigenvalue weighted by molar-refractivity contribution is 6.68. The fourth-order valence-corrected chi connectivity index (χ4v) is 2.45. The Labute approximate surface area is 126 Å². The molecule has 2 nitrogen and oxygen atoms in total. The van der Waals surface area contributed by atoms with Gasteiger partial charge in [0.05, 0.1) is 11.2 Å². The Bertz CT molecular complexity index is 800. The van der Waals surface area contributed by atoms with Gasteiger partial charge in [-0.2, -0.15) is 0 Å². The Hall–Kier alpha value is -1.90. The number of pyridine rings is 1. The number of carbonyl (C=O) groups is 1. The average molecular weight is 302 g/mol. The molecule has 0 fully saturated rings. The van der Waals surface area contributed by atoms with Gasteiger partial charge in [-0.3, -0.25) is 4.79 Å². The maximum Gasteiger partial charge on any atom is 0.253 e. The van der Waals surface area contributed by atoms with Crippen molar-refractivity contribution in [1.29, 1.82) is 0 Å². The Balaban J connectivity index is 2.32.